The summed E-state index contributed by atoms with van der Waals surface area (Å²) >= 11 is 1.36. The molecule has 2 fully saturated rings. The molecule has 4 heterocycles. The van der Waals surface area contributed by atoms with Crippen molar-refractivity contribution in [3.05, 3.63) is 34.8 Å². The smallest absolute Gasteiger partial charge is 0.253 e. The molecule has 9 heteroatoms. The second-order valence-electron chi connectivity index (χ2n) is 8.67. The third kappa shape index (κ3) is 3.85. The van der Waals surface area contributed by atoms with Crippen molar-refractivity contribution in [2.75, 3.05) is 41.3 Å². The summed E-state index contributed by atoms with van der Waals surface area (Å²) < 4.78 is 0. The van der Waals surface area contributed by atoms with Gasteiger partial charge in [0.1, 0.15) is 12.6 Å². The van der Waals surface area contributed by atoms with Gasteiger partial charge in [0.25, 0.3) is 5.91 Å². The predicted molar refractivity (Wildman–Crippen MR) is 124 cm³/mol. The number of nitrogens with one attached hydrogen (secondary N) is 1. The van der Waals surface area contributed by atoms with Gasteiger partial charge in [0, 0.05) is 30.6 Å². The molecule has 3 amide bonds. The van der Waals surface area contributed by atoms with Crippen LogP contribution in [0.5, 0.6) is 0 Å². The molecular weight excluding hydrogens is 426 g/mol. The van der Waals surface area contributed by atoms with Gasteiger partial charge in [-0.15, -0.1) is 11.3 Å². The van der Waals surface area contributed by atoms with E-state index in [-0.39, 0.29) is 30.3 Å². The molecule has 3 aliphatic heterocycles. The first-order chi connectivity index (χ1) is 15.5. The fourth-order valence-electron chi connectivity index (χ4n) is 4.87. The topological polar surface area (TPSA) is 85.8 Å². The van der Waals surface area contributed by atoms with Crippen molar-refractivity contribution in [1.29, 1.82) is 0 Å². The van der Waals surface area contributed by atoms with E-state index >= 15 is 0 Å². The first-order valence-corrected chi connectivity index (χ1v) is 12.1. The van der Waals surface area contributed by atoms with Crippen LogP contribution in [0.25, 0.3) is 0 Å². The normalized spacial score (nSPS) is 20.2. The number of benzene rings is 1. The van der Waals surface area contributed by atoms with E-state index in [1.54, 1.807) is 11.0 Å². The summed E-state index contributed by atoms with van der Waals surface area (Å²) in [5, 5.41) is 5.19. The molecular formula is C23H27N5O3S. The van der Waals surface area contributed by atoms with Crippen LogP contribution in [0.3, 0.4) is 0 Å². The van der Waals surface area contributed by atoms with E-state index in [0.717, 1.165) is 63.1 Å². The molecule has 1 N–H and O–H groups in total. The third-order valence-corrected chi connectivity index (χ3v) is 7.31. The van der Waals surface area contributed by atoms with Crippen LogP contribution in [-0.4, -0.2) is 59.8 Å². The number of carbonyl (C=O) groups is 3. The molecule has 0 spiro atoms. The van der Waals surface area contributed by atoms with Gasteiger partial charge in [-0.1, -0.05) is 0 Å². The number of thiazole rings is 1. The van der Waals surface area contributed by atoms with E-state index in [2.05, 4.69) is 15.2 Å². The Balaban J connectivity index is 1.46. The second-order valence-corrected chi connectivity index (χ2v) is 9.53. The number of rotatable bonds is 4. The third-order valence-electron chi connectivity index (χ3n) is 6.44. The molecule has 0 saturated carbocycles. The monoisotopic (exact) mass is 453 g/mol. The lowest BCUT2D eigenvalue weighted by molar-refractivity contribution is -0.123. The van der Waals surface area contributed by atoms with E-state index < -0.39 is 0 Å². The Bertz CT molecular complexity index is 1060. The molecule has 1 aromatic heterocycles. The molecule has 8 nitrogen and oxygen atoms in total. The van der Waals surface area contributed by atoms with Crippen molar-refractivity contribution < 1.29 is 14.4 Å². The Kier molecular flexibility index (Phi) is 5.58. The summed E-state index contributed by atoms with van der Waals surface area (Å²) in [6, 6.07) is 5.33. The Morgan fingerprint density at radius 3 is 2.66 bits per heavy atom. The van der Waals surface area contributed by atoms with Crippen LogP contribution < -0.4 is 15.1 Å². The Labute approximate surface area is 191 Å². The van der Waals surface area contributed by atoms with Crippen molar-refractivity contribution >= 4 is 45.6 Å². The number of piperidine rings is 1. The fourth-order valence-corrected chi connectivity index (χ4v) is 5.57. The van der Waals surface area contributed by atoms with Gasteiger partial charge >= 0.3 is 0 Å². The van der Waals surface area contributed by atoms with Crippen LogP contribution in [0, 0.1) is 6.92 Å². The molecule has 5 rings (SSSR count). The molecule has 0 radical (unpaired) electrons. The average molecular weight is 454 g/mol. The Morgan fingerprint density at radius 1 is 1.12 bits per heavy atom. The van der Waals surface area contributed by atoms with E-state index in [4.69, 9.17) is 0 Å². The highest BCUT2D eigenvalue weighted by molar-refractivity contribution is 7.13. The highest BCUT2D eigenvalue weighted by Crippen LogP contribution is 2.40. The maximum Gasteiger partial charge on any atom is 0.253 e. The number of aromatic nitrogens is 1. The first kappa shape index (κ1) is 20.9. The molecule has 1 aromatic carbocycles. The number of carbonyl (C=O) groups excluding carboxylic acids is 3. The van der Waals surface area contributed by atoms with Crippen molar-refractivity contribution in [2.24, 2.45) is 0 Å². The standard InChI is InChI=1S/C23H27N5O3S/c1-15-14-32-23(24-15)25-20(29)13-28-19-12-16(21(30)26-9-4-5-10-26)7-8-17(19)27-11-3-2-6-18(27)22(28)31/h7-8,12,14,18H,2-6,9-11,13H2,1H3,(H,24,25,29)/t18-/m0/s1. The molecule has 0 unspecified atom stereocenters. The summed E-state index contributed by atoms with van der Waals surface area (Å²) in [5.41, 5.74) is 2.97. The largest absolute Gasteiger partial charge is 0.358 e. The molecule has 0 aliphatic carbocycles. The van der Waals surface area contributed by atoms with Gasteiger partial charge in [-0.25, -0.2) is 4.98 Å². The van der Waals surface area contributed by atoms with Crippen LogP contribution in [0.1, 0.15) is 48.2 Å². The van der Waals surface area contributed by atoms with Crippen molar-refractivity contribution in [2.45, 2.75) is 45.1 Å². The molecule has 3 aliphatic rings. The molecule has 32 heavy (non-hydrogen) atoms. The van der Waals surface area contributed by atoms with Crippen LogP contribution in [-0.2, 0) is 9.59 Å². The molecule has 2 aromatic rings. The zero-order valence-electron chi connectivity index (χ0n) is 18.2. The number of aryl methyl sites for hydroxylation is 1. The Morgan fingerprint density at radius 2 is 1.91 bits per heavy atom. The number of amides is 3. The highest BCUT2D eigenvalue weighted by atomic mass is 32.1. The SMILES string of the molecule is Cc1csc(NC(=O)CN2C(=O)[C@@H]3CCCCN3c3ccc(C(=O)N4CCCC4)cc32)n1. The second kappa shape index (κ2) is 8.54. The molecule has 2 saturated heterocycles. The predicted octanol–water partition coefficient (Wildman–Crippen LogP) is 3.03. The zero-order chi connectivity index (χ0) is 22.2. The zero-order valence-corrected chi connectivity index (χ0v) is 19.0. The molecule has 168 valence electrons. The summed E-state index contributed by atoms with van der Waals surface area (Å²) in [7, 11) is 0. The maximum absolute atomic E-state index is 13.4. The number of fused-ring (bicyclic) bond motifs is 3. The average Bonchev–Trinajstić information content (AvgIpc) is 3.48. The van der Waals surface area contributed by atoms with Crippen molar-refractivity contribution in [3.8, 4) is 0 Å². The molecule has 0 bridgehead atoms. The van der Waals surface area contributed by atoms with Gasteiger partial charge in [-0.3, -0.25) is 19.3 Å². The fraction of sp³-hybridized carbons (Fsp3) is 0.478. The lowest BCUT2D eigenvalue weighted by Crippen LogP contribution is -2.56. The number of likely N-dealkylation sites (tertiary alicyclic amines) is 1. The van der Waals surface area contributed by atoms with Crippen LogP contribution in [0.4, 0.5) is 16.5 Å². The summed E-state index contributed by atoms with van der Waals surface area (Å²) in [6.45, 7) is 4.11. The van der Waals surface area contributed by atoms with Crippen LogP contribution in [0.2, 0.25) is 0 Å². The maximum atomic E-state index is 13.4. The summed E-state index contributed by atoms with van der Waals surface area (Å²) in [4.78, 5) is 49.1. The van der Waals surface area contributed by atoms with E-state index in [1.165, 1.54) is 11.3 Å². The van der Waals surface area contributed by atoms with Gasteiger partial charge < -0.3 is 15.1 Å². The van der Waals surface area contributed by atoms with Gasteiger partial charge in [-0.2, -0.15) is 0 Å². The van der Waals surface area contributed by atoms with E-state index in [0.29, 0.717) is 16.4 Å². The Hall–Kier alpha value is -2.94. The minimum absolute atomic E-state index is 0.0128. The quantitative estimate of drug-likeness (QED) is 0.769. The highest BCUT2D eigenvalue weighted by Gasteiger charge is 2.40. The van der Waals surface area contributed by atoms with Gasteiger partial charge in [0.15, 0.2) is 5.13 Å². The van der Waals surface area contributed by atoms with Gasteiger partial charge in [0.2, 0.25) is 11.8 Å². The van der Waals surface area contributed by atoms with E-state index in [9.17, 15) is 14.4 Å². The molecule has 1 atom stereocenters. The van der Waals surface area contributed by atoms with Crippen LogP contribution >= 0.6 is 11.3 Å². The number of anilines is 3. The lowest BCUT2D eigenvalue weighted by atomic mass is 9.95. The minimum atomic E-state index is -0.292. The first-order valence-electron chi connectivity index (χ1n) is 11.2. The lowest BCUT2D eigenvalue weighted by Gasteiger charge is -2.45. The number of hydrogen-bond acceptors (Lipinski definition) is 6. The van der Waals surface area contributed by atoms with E-state index in [1.807, 2.05) is 29.3 Å². The van der Waals surface area contributed by atoms with Crippen LogP contribution in [0.15, 0.2) is 23.6 Å². The van der Waals surface area contributed by atoms with Gasteiger partial charge in [0.05, 0.1) is 17.1 Å². The number of nitrogens with zero attached hydrogens (tertiary/aromatic N) is 4. The minimum Gasteiger partial charge on any atom is -0.358 e. The number of hydrogen-bond donors (Lipinski definition) is 1. The van der Waals surface area contributed by atoms with Crippen molar-refractivity contribution in [3.63, 3.8) is 0 Å². The van der Waals surface area contributed by atoms with Crippen molar-refractivity contribution in [1.82, 2.24) is 9.88 Å². The van der Waals surface area contributed by atoms with Gasteiger partial charge in [-0.05, 0) is 57.2 Å². The summed E-state index contributed by atoms with van der Waals surface area (Å²) in [6.07, 6.45) is 4.84. The summed E-state index contributed by atoms with van der Waals surface area (Å²) in [5.74, 6) is -0.381.